The average molecular weight is 1630 g/mol. The van der Waals surface area contributed by atoms with Crippen molar-refractivity contribution in [2.45, 2.75) is 126 Å². The molecule has 1 fully saturated rings. The molecule has 21 rings (SSSR count). The Balaban J connectivity index is 0.000000108. The van der Waals surface area contributed by atoms with Gasteiger partial charge in [-0.2, -0.15) is 20.4 Å². The maximum absolute atomic E-state index is 9.74. The van der Waals surface area contributed by atoms with E-state index in [-0.39, 0.29) is 37.4 Å². The lowest BCUT2D eigenvalue weighted by molar-refractivity contribution is 0.0674. The number of hydrogen-bond donors (Lipinski definition) is 7. The molecule has 0 bridgehead atoms. The van der Waals surface area contributed by atoms with E-state index in [1.54, 1.807) is 23.2 Å². The molecule has 0 saturated carbocycles. The van der Waals surface area contributed by atoms with Gasteiger partial charge >= 0.3 is 0 Å². The minimum Gasteiger partial charge on any atom is -0.441 e. The Morgan fingerprint density at radius 3 is 1.14 bits per heavy atom. The molecule has 37 heteroatoms. The quantitative estimate of drug-likeness (QED) is 0.0597. The summed E-state index contributed by atoms with van der Waals surface area (Å²) in [5, 5.41) is 41.9. The zero-order valence-corrected chi connectivity index (χ0v) is 68.1. The standard InChI is InChI=1S/C18H18N6O2.C17H18N6O2.C17H17N5O.C16H16N6O2.C16H16N6O/c1-10-22-13-8-11(2-3-14(13)26-10)16-15-17(19)20-9-21-18(15)24(23-16)12-4-6-25-7-5-12;1-9-21-11-6-10(4-5-12(11)25-9)14-13-15(18)19-8-20-16(13)23(22-14)17(2,3)7-24;1-9(2)22-7-12(15-16(18)19-8-20-17(15)22)11-4-5-14-13(6-11)21-10(3)23-14;1-8(6-23)22-16-13(15(17)18-7-19-16)14(21-22)10-3-4-12-11(5-10)20-9(2)24-12;1-8(2)22-16-13(15(17)18-7-19-16)14(21-22)10-4-5-12-11(6-10)20-9(3)23-12/h2-3,8-9,12H,4-7H2,1H3,(H2,19,20,21);4-6,8,24H,7H2,1-3H3,(H2,18,19,20);4-9H,1-3H3,(H2,18,19,20);3-5,7-8,23H,6H2,1-2H3,(H2,17,18,19);4-8H,1-3H3,(H2,17,18,19). The van der Waals surface area contributed by atoms with Crippen molar-refractivity contribution < 1.29 is 37.0 Å². The van der Waals surface area contributed by atoms with Gasteiger partial charge in [-0.1, -0.05) is 6.07 Å². The van der Waals surface area contributed by atoms with E-state index in [0.717, 1.165) is 148 Å². The fourth-order valence-corrected chi connectivity index (χ4v) is 14.9. The van der Waals surface area contributed by atoms with Gasteiger partial charge in [-0.05, 0) is 152 Å². The van der Waals surface area contributed by atoms with Crippen molar-refractivity contribution in [2.24, 2.45) is 0 Å². The number of fused-ring (bicyclic) bond motifs is 10. The van der Waals surface area contributed by atoms with Crippen molar-refractivity contribution >= 4 is 140 Å². The van der Waals surface area contributed by atoms with Gasteiger partial charge in [0.2, 0.25) is 0 Å². The second-order valence-corrected chi connectivity index (χ2v) is 30.5. The van der Waals surface area contributed by atoms with E-state index in [0.29, 0.717) is 103 Å². The Bertz CT molecular complexity index is 7140. The van der Waals surface area contributed by atoms with E-state index in [9.17, 15) is 10.2 Å². The van der Waals surface area contributed by atoms with E-state index < -0.39 is 5.54 Å². The van der Waals surface area contributed by atoms with Crippen molar-refractivity contribution in [3.63, 3.8) is 0 Å². The Labute approximate surface area is 687 Å². The number of anilines is 5. The molecule has 12 N–H and O–H groups in total. The fraction of sp³-hybridized carbons (Fsp3) is 0.274. The summed E-state index contributed by atoms with van der Waals surface area (Å²) in [5.74, 6) is 5.17. The number of hydrogen-bond acceptors (Lipinski definition) is 32. The zero-order chi connectivity index (χ0) is 84.6. The number of aliphatic hydroxyl groups is 2. The highest BCUT2D eigenvalue weighted by Crippen LogP contribution is 2.41. The third kappa shape index (κ3) is 14.8. The van der Waals surface area contributed by atoms with E-state index in [1.165, 1.54) is 31.6 Å². The number of nitrogen functional groups attached to an aromatic ring is 5. The van der Waals surface area contributed by atoms with Crippen LogP contribution in [0.2, 0.25) is 0 Å². The molecule has 121 heavy (non-hydrogen) atoms. The zero-order valence-electron chi connectivity index (χ0n) is 68.1. The van der Waals surface area contributed by atoms with Gasteiger partial charge in [0.15, 0.2) is 80.0 Å². The normalized spacial score (nSPS) is 13.0. The van der Waals surface area contributed by atoms with Gasteiger partial charge in [-0.25, -0.2) is 93.5 Å². The smallest absolute Gasteiger partial charge is 0.192 e. The van der Waals surface area contributed by atoms with Crippen LogP contribution >= 0.6 is 0 Å². The van der Waals surface area contributed by atoms with Crippen LogP contribution < -0.4 is 28.7 Å². The lowest BCUT2D eigenvalue weighted by atomic mass is 10.1. The first kappa shape index (κ1) is 78.7. The third-order valence-corrected chi connectivity index (χ3v) is 20.8. The van der Waals surface area contributed by atoms with Crippen LogP contribution in [0.4, 0.5) is 29.1 Å². The van der Waals surface area contributed by atoms with Crippen molar-refractivity contribution in [3.8, 4) is 56.2 Å². The van der Waals surface area contributed by atoms with E-state index in [4.69, 9.17) is 70.8 Å². The number of ether oxygens (including phenoxy) is 1. The number of nitrogens with zero attached hydrogens (tertiary/aromatic N) is 24. The van der Waals surface area contributed by atoms with Crippen molar-refractivity contribution in [1.82, 2.24) is 118 Å². The first-order chi connectivity index (χ1) is 58.3. The molecule has 0 radical (unpaired) electrons. The Morgan fingerprint density at radius 1 is 0.397 bits per heavy atom. The molecule has 16 heterocycles. The molecule has 614 valence electrons. The molecule has 15 aromatic heterocycles. The molecular formula is C84H85N29O8. The number of benzene rings is 5. The van der Waals surface area contributed by atoms with Crippen molar-refractivity contribution in [2.75, 3.05) is 55.1 Å². The van der Waals surface area contributed by atoms with Crippen LogP contribution in [0.15, 0.2) is 151 Å². The molecule has 1 aliphatic heterocycles. The van der Waals surface area contributed by atoms with Gasteiger partial charge in [0.05, 0.1) is 57.8 Å². The minimum atomic E-state index is -0.633. The molecule has 1 aliphatic rings. The lowest BCUT2D eigenvalue weighted by Gasteiger charge is -2.22. The molecule has 0 spiro atoms. The van der Waals surface area contributed by atoms with E-state index in [2.05, 4.69) is 118 Å². The van der Waals surface area contributed by atoms with Crippen molar-refractivity contribution in [3.05, 3.63) is 158 Å². The summed E-state index contributed by atoms with van der Waals surface area (Å²) in [6.45, 7) is 24.4. The van der Waals surface area contributed by atoms with Gasteiger partial charge in [-0.15, -0.1) is 0 Å². The van der Waals surface area contributed by atoms with Gasteiger partial charge in [0, 0.05) is 93.9 Å². The van der Waals surface area contributed by atoms with E-state index >= 15 is 0 Å². The highest BCUT2D eigenvalue weighted by molar-refractivity contribution is 6.05. The van der Waals surface area contributed by atoms with Crippen LogP contribution in [0, 0.1) is 34.6 Å². The molecule has 0 aliphatic carbocycles. The Hall–Kier alpha value is -14.9. The number of rotatable bonds is 12. The fourth-order valence-electron chi connectivity index (χ4n) is 14.9. The Morgan fingerprint density at radius 2 is 0.736 bits per heavy atom. The minimum absolute atomic E-state index is 0.0539. The molecular weight excluding hydrogens is 1540 g/mol. The van der Waals surface area contributed by atoms with Gasteiger partial charge in [0.25, 0.3) is 0 Å². The monoisotopic (exact) mass is 1630 g/mol. The van der Waals surface area contributed by atoms with Gasteiger partial charge < -0.3 is 70.3 Å². The van der Waals surface area contributed by atoms with Crippen LogP contribution in [-0.4, -0.2) is 155 Å². The molecule has 20 aromatic rings. The largest absolute Gasteiger partial charge is 0.441 e. The number of aryl methyl sites for hydroxylation is 5. The number of oxazole rings is 5. The lowest BCUT2D eigenvalue weighted by Crippen LogP contribution is -2.31. The van der Waals surface area contributed by atoms with Gasteiger partial charge in [0.1, 0.15) is 117 Å². The first-order valence-corrected chi connectivity index (χ1v) is 39.0. The number of nitrogens with two attached hydrogens (primary N) is 5. The predicted octanol–water partition coefficient (Wildman–Crippen LogP) is 14.0. The topological polar surface area (TPSA) is 515 Å². The third-order valence-electron chi connectivity index (χ3n) is 20.8. The molecule has 0 amide bonds. The van der Waals surface area contributed by atoms with Crippen LogP contribution in [0.3, 0.4) is 0 Å². The maximum atomic E-state index is 9.74. The van der Waals surface area contributed by atoms with Gasteiger partial charge in [-0.3, -0.25) is 0 Å². The molecule has 1 atom stereocenters. The van der Waals surface area contributed by atoms with Crippen LogP contribution in [0.1, 0.15) is 115 Å². The summed E-state index contributed by atoms with van der Waals surface area (Å²) in [7, 11) is 0. The second-order valence-electron chi connectivity index (χ2n) is 30.5. The van der Waals surface area contributed by atoms with E-state index in [1.807, 2.05) is 142 Å². The number of aromatic nitrogens is 24. The Kier molecular flexibility index (Phi) is 20.5. The van der Waals surface area contributed by atoms with Crippen LogP contribution in [0.5, 0.6) is 0 Å². The molecule has 37 nitrogen and oxygen atoms in total. The summed E-state index contributed by atoms with van der Waals surface area (Å²) in [5.41, 5.74) is 49.5. The molecule has 1 unspecified atom stereocenters. The first-order valence-electron chi connectivity index (χ1n) is 39.0. The summed E-state index contributed by atoms with van der Waals surface area (Å²) in [4.78, 5) is 64.4. The SMILES string of the molecule is Cc1nc2cc(-c3cn(C(C)C)c4ncnc(N)c34)ccc2o1.Cc1nc2cc(-c3nn(C(C)(C)CO)c4ncnc(N)c34)ccc2o1.Cc1nc2cc(-c3nn(C(C)C)c4ncnc(N)c34)ccc2o1.Cc1nc2cc(-c3nn(C(C)CO)c4ncnc(N)c34)ccc2o1.Cc1nc2cc(-c3nn(C4CCOCC4)c4ncnc(N)c34)ccc2o1. The highest BCUT2D eigenvalue weighted by atomic mass is 16.5. The second kappa shape index (κ2) is 31.5. The highest BCUT2D eigenvalue weighted by Gasteiger charge is 2.30. The van der Waals surface area contributed by atoms with Crippen LogP contribution in [-0.2, 0) is 10.3 Å². The predicted molar refractivity (Wildman–Crippen MR) is 458 cm³/mol. The average Bonchev–Trinajstić information content (AvgIpc) is 1.61. The van der Waals surface area contributed by atoms with Crippen LogP contribution in [0.25, 0.3) is 167 Å². The maximum Gasteiger partial charge on any atom is 0.192 e. The molecule has 5 aromatic carbocycles. The summed E-state index contributed by atoms with van der Waals surface area (Å²) in [6, 6.07) is 29.3. The summed E-state index contributed by atoms with van der Waals surface area (Å²) in [6.07, 6.45) is 11.1. The summed E-state index contributed by atoms with van der Waals surface area (Å²) >= 11 is 0. The number of aliphatic hydroxyl groups excluding tert-OH is 2. The van der Waals surface area contributed by atoms with Crippen molar-refractivity contribution in [1.29, 1.82) is 0 Å². The summed E-state index contributed by atoms with van der Waals surface area (Å²) < 4.78 is 42.5. The molecule has 1 saturated heterocycles.